The zero-order valence-corrected chi connectivity index (χ0v) is 11.4. The van der Waals surface area contributed by atoms with Crippen molar-refractivity contribution in [1.29, 1.82) is 0 Å². The number of nitrogens with one attached hydrogen (secondary N) is 1. The minimum absolute atomic E-state index is 0.0414. The van der Waals surface area contributed by atoms with Gasteiger partial charge in [-0.05, 0) is 39.3 Å². The molecule has 3 nitrogen and oxygen atoms in total. The lowest BCUT2D eigenvalue weighted by Gasteiger charge is -2.23. The van der Waals surface area contributed by atoms with Crippen molar-refractivity contribution in [2.24, 2.45) is 5.92 Å². The van der Waals surface area contributed by atoms with Crippen molar-refractivity contribution >= 4 is 11.6 Å². The Kier molecular flexibility index (Phi) is 4.27. The molecule has 0 radical (unpaired) electrons. The summed E-state index contributed by atoms with van der Waals surface area (Å²) in [5.41, 5.74) is 0.593. The van der Waals surface area contributed by atoms with E-state index in [9.17, 15) is 4.79 Å². The first-order valence-electron chi connectivity index (χ1n) is 6.12. The van der Waals surface area contributed by atoms with E-state index < -0.39 is 0 Å². The summed E-state index contributed by atoms with van der Waals surface area (Å²) in [7, 11) is 0. The molecule has 0 bridgehead atoms. The molecule has 0 aromatic carbocycles. The van der Waals surface area contributed by atoms with Gasteiger partial charge in [0.05, 0.1) is 5.56 Å². The normalized spacial score (nSPS) is 13.2. The maximum atomic E-state index is 12.2. The largest absolute Gasteiger partial charge is 0.365 e. The minimum atomic E-state index is -0.0984. The summed E-state index contributed by atoms with van der Waals surface area (Å²) in [6.07, 6.45) is 2.56. The molecule has 0 spiro atoms. The fourth-order valence-electron chi connectivity index (χ4n) is 1.51. The number of carbonyl (C=O) groups excluding carboxylic acids is 1. The van der Waals surface area contributed by atoms with Crippen molar-refractivity contribution in [1.82, 2.24) is 4.98 Å². The molecule has 0 aliphatic heterocycles. The van der Waals surface area contributed by atoms with Gasteiger partial charge in [0.1, 0.15) is 5.82 Å². The standard InChI is InChI=1S/C14H22N2O/c1-6-10(2)12(17)11-8-7-9-15-13(11)16-14(3,4)5/h7-10H,6H2,1-5H3,(H,15,16). The molecule has 0 fully saturated rings. The molecule has 1 aromatic rings. The van der Waals surface area contributed by atoms with Gasteiger partial charge >= 0.3 is 0 Å². The number of rotatable bonds is 4. The molecule has 1 rings (SSSR count). The monoisotopic (exact) mass is 234 g/mol. The van der Waals surface area contributed by atoms with Gasteiger partial charge in [0, 0.05) is 17.7 Å². The lowest BCUT2D eigenvalue weighted by Crippen LogP contribution is -2.28. The molecule has 1 heterocycles. The summed E-state index contributed by atoms with van der Waals surface area (Å²) < 4.78 is 0. The Morgan fingerprint density at radius 3 is 2.65 bits per heavy atom. The van der Waals surface area contributed by atoms with Crippen molar-refractivity contribution in [2.75, 3.05) is 5.32 Å². The number of Topliss-reactive ketones (excluding diaryl/α,β-unsaturated/α-hetero) is 1. The summed E-state index contributed by atoms with van der Waals surface area (Å²) in [5.74, 6) is 0.886. The number of hydrogen-bond donors (Lipinski definition) is 1. The van der Waals surface area contributed by atoms with Crippen LogP contribution in [-0.2, 0) is 0 Å². The van der Waals surface area contributed by atoms with Crippen LogP contribution in [0, 0.1) is 5.92 Å². The lowest BCUT2D eigenvalue weighted by molar-refractivity contribution is 0.0927. The van der Waals surface area contributed by atoms with Crippen molar-refractivity contribution in [2.45, 2.75) is 46.6 Å². The number of aromatic nitrogens is 1. The van der Waals surface area contributed by atoms with Crippen molar-refractivity contribution in [3.63, 3.8) is 0 Å². The van der Waals surface area contributed by atoms with Gasteiger partial charge in [-0.3, -0.25) is 4.79 Å². The van der Waals surface area contributed by atoms with Crippen LogP contribution in [0.25, 0.3) is 0 Å². The highest BCUT2D eigenvalue weighted by molar-refractivity contribution is 6.01. The van der Waals surface area contributed by atoms with Crippen LogP contribution in [0.3, 0.4) is 0 Å². The molecule has 17 heavy (non-hydrogen) atoms. The van der Waals surface area contributed by atoms with E-state index in [1.54, 1.807) is 6.20 Å². The van der Waals surface area contributed by atoms with E-state index in [0.29, 0.717) is 11.4 Å². The molecule has 0 aliphatic rings. The molecule has 0 amide bonds. The summed E-state index contributed by atoms with van der Waals surface area (Å²) in [6.45, 7) is 10.1. The quantitative estimate of drug-likeness (QED) is 0.810. The topological polar surface area (TPSA) is 42.0 Å². The van der Waals surface area contributed by atoms with Crippen LogP contribution in [-0.4, -0.2) is 16.3 Å². The summed E-state index contributed by atoms with van der Waals surface area (Å²) in [6, 6.07) is 3.65. The highest BCUT2D eigenvalue weighted by atomic mass is 16.1. The van der Waals surface area contributed by atoms with E-state index in [0.717, 1.165) is 6.42 Å². The number of pyridine rings is 1. The van der Waals surface area contributed by atoms with Gasteiger partial charge < -0.3 is 5.32 Å². The summed E-state index contributed by atoms with van der Waals surface area (Å²) in [5, 5.41) is 3.28. The molecule has 0 saturated heterocycles. The fraction of sp³-hybridized carbons (Fsp3) is 0.571. The Balaban J connectivity index is 3.04. The Labute approximate surface area is 104 Å². The van der Waals surface area contributed by atoms with Crippen LogP contribution in [0.4, 0.5) is 5.82 Å². The molecule has 1 unspecified atom stereocenters. The Hall–Kier alpha value is -1.38. The van der Waals surface area contributed by atoms with Crippen LogP contribution in [0.15, 0.2) is 18.3 Å². The zero-order chi connectivity index (χ0) is 13.1. The second-order valence-corrected chi connectivity index (χ2v) is 5.45. The van der Waals surface area contributed by atoms with Crippen LogP contribution >= 0.6 is 0 Å². The first kappa shape index (κ1) is 13.7. The number of anilines is 1. The van der Waals surface area contributed by atoms with E-state index in [-0.39, 0.29) is 17.2 Å². The van der Waals surface area contributed by atoms with Crippen molar-refractivity contribution < 1.29 is 4.79 Å². The molecular formula is C14H22N2O. The average molecular weight is 234 g/mol. The van der Waals surface area contributed by atoms with Gasteiger partial charge in [0.15, 0.2) is 5.78 Å². The van der Waals surface area contributed by atoms with Crippen molar-refractivity contribution in [3.05, 3.63) is 23.9 Å². The second kappa shape index (κ2) is 5.30. The van der Waals surface area contributed by atoms with Gasteiger partial charge in [-0.25, -0.2) is 4.98 Å². The third-order valence-electron chi connectivity index (χ3n) is 2.63. The third-order valence-corrected chi connectivity index (χ3v) is 2.63. The molecule has 3 heteroatoms. The second-order valence-electron chi connectivity index (χ2n) is 5.45. The van der Waals surface area contributed by atoms with Gasteiger partial charge in [-0.1, -0.05) is 13.8 Å². The molecule has 1 N–H and O–H groups in total. The van der Waals surface area contributed by atoms with Crippen molar-refractivity contribution in [3.8, 4) is 0 Å². The minimum Gasteiger partial charge on any atom is -0.365 e. The van der Waals surface area contributed by atoms with Gasteiger partial charge in [0.2, 0.25) is 0 Å². The number of carbonyl (C=O) groups is 1. The molecule has 0 aliphatic carbocycles. The maximum absolute atomic E-state index is 12.2. The van der Waals surface area contributed by atoms with E-state index in [1.165, 1.54) is 0 Å². The molecule has 0 saturated carbocycles. The molecular weight excluding hydrogens is 212 g/mol. The van der Waals surface area contributed by atoms with Crippen LogP contribution in [0.2, 0.25) is 0 Å². The highest BCUT2D eigenvalue weighted by Crippen LogP contribution is 2.21. The van der Waals surface area contributed by atoms with Crippen LogP contribution in [0.1, 0.15) is 51.4 Å². The Bertz CT molecular complexity index is 393. The highest BCUT2D eigenvalue weighted by Gasteiger charge is 2.20. The van der Waals surface area contributed by atoms with Crippen LogP contribution in [0.5, 0.6) is 0 Å². The lowest BCUT2D eigenvalue weighted by atomic mass is 9.97. The first-order chi connectivity index (χ1) is 7.85. The number of nitrogens with zero attached hydrogens (tertiary/aromatic N) is 1. The molecule has 1 aromatic heterocycles. The van der Waals surface area contributed by atoms with Crippen LogP contribution < -0.4 is 5.32 Å². The van der Waals surface area contributed by atoms with E-state index in [4.69, 9.17) is 0 Å². The predicted octanol–water partition coefficient (Wildman–Crippen LogP) is 3.52. The van der Waals surface area contributed by atoms with E-state index in [1.807, 2.05) is 26.0 Å². The van der Waals surface area contributed by atoms with Gasteiger partial charge in [-0.15, -0.1) is 0 Å². The first-order valence-corrected chi connectivity index (χ1v) is 6.12. The smallest absolute Gasteiger partial charge is 0.169 e. The molecule has 94 valence electrons. The fourth-order valence-corrected chi connectivity index (χ4v) is 1.51. The summed E-state index contributed by atoms with van der Waals surface area (Å²) >= 11 is 0. The third kappa shape index (κ3) is 3.84. The Morgan fingerprint density at radius 1 is 1.47 bits per heavy atom. The van der Waals surface area contributed by atoms with Gasteiger partial charge in [-0.2, -0.15) is 0 Å². The molecule has 1 atom stereocenters. The Morgan fingerprint density at radius 2 is 2.12 bits per heavy atom. The zero-order valence-electron chi connectivity index (χ0n) is 11.4. The van der Waals surface area contributed by atoms with E-state index >= 15 is 0 Å². The number of hydrogen-bond acceptors (Lipinski definition) is 3. The maximum Gasteiger partial charge on any atom is 0.169 e. The predicted molar refractivity (Wildman–Crippen MR) is 71.4 cm³/mol. The number of ketones is 1. The SMILES string of the molecule is CCC(C)C(=O)c1cccnc1NC(C)(C)C. The summed E-state index contributed by atoms with van der Waals surface area (Å²) in [4.78, 5) is 16.5. The van der Waals surface area contributed by atoms with E-state index in [2.05, 4.69) is 31.1 Å². The average Bonchev–Trinajstić information content (AvgIpc) is 2.25. The van der Waals surface area contributed by atoms with Gasteiger partial charge in [0.25, 0.3) is 0 Å².